The van der Waals surface area contributed by atoms with Gasteiger partial charge in [-0.2, -0.15) is 0 Å². The van der Waals surface area contributed by atoms with Crippen LogP contribution in [0.15, 0.2) is 39.6 Å². The van der Waals surface area contributed by atoms with E-state index >= 15 is 0 Å². The van der Waals surface area contributed by atoms with Crippen molar-refractivity contribution in [1.29, 1.82) is 0 Å². The van der Waals surface area contributed by atoms with E-state index in [0.29, 0.717) is 0 Å². The highest BCUT2D eigenvalue weighted by atomic mass is 79.9. The van der Waals surface area contributed by atoms with Crippen molar-refractivity contribution in [3.63, 3.8) is 0 Å². The first-order chi connectivity index (χ1) is 8.74. The van der Waals surface area contributed by atoms with Gasteiger partial charge in [0.1, 0.15) is 0 Å². The van der Waals surface area contributed by atoms with Crippen molar-refractivity contribution in [2.75, 3.05) is 25.5 Å². The lowest BCUT2D eigenvalue weighted by Gasteiger charge is -2.16. The molecule has 1 aromatic carbocycles. The van der Waals surface area contributed by atoms with Gasteiger partial charge >= 0.3 is 0 Å². The number of benzene rings is 1. The zero-order valence-corrected chi connectivity index (χ0v) is 12.7. The Morgan fingerprint density at radius 3 is 3.06 bits per heavy atom. The third-order valence-corrected chi connectivity index (χ3v) is 3.69. The number of aromatic nitrogens is 1. The minimum atomic E-state index is 0.906. The summed E-state index contributed by atoms with van der Waals surface area (Å²) in [6.07, 6.45) is 0. The number of nitrogens with zero attached hydrogens (tertiary/aromatic N) is 2. The fourth-order valence-corrected chi connectivity index (χ4v) is 2.61. The minimum Gasteiger partial charge on any atom is -0.384 e. The van der Waals surface area contributed by atoms with Gasteiger partial charge in [0.05, 0.1) is 11.2 Å². The molecule has 2 aromatic rings. The number of anilines is 1. The monoisotopic (exact) mass is 325 g/mol. The first kappa shape index (κ1) is 13.5. The predicted molar refractivity (Wildman–Crippen MR) is 81.1 cm³/mol. The molecule has 1 aromatic heterocycles. The third kappa shape index (κ3) is 4.40. The second-order valence-corrected chi connectivity index (χ2v) is 5.79. The zero-order valence-electron chi connectivity index (χ0n) is 10.3. The molecule has 0 radical (unpaired) electrons. The summed E-state index contributed by atoms with van der Waals surface area (Å²) in [5.41, 5.74) is 4.17. The van der Waals surface area contributed by atoms with Crippen LogP contribution in [0.2, 0.25) is 0 Å². The van der Waals surface area contributed by atoms with Crippen LogP contribution in [-0.2, 0) is 6.54 Å². The lowest BCUT2D eigenvalue weighted by molar-refractivity contribution is 0.336. The topological polar surface area (TPSA) is 28.2 Å². The molecule has 0 atom stereocenters. The summed E-state index contributed by atoms with van der Waals surface area (Å²) in [5.74, 6) is 0. The normalized spacial score (nSPS) is 10.8. The van der Waals surface area contributed by atoms with E-state index in [1.54, 1.807) is 11.3 Å². The van der Waals surface area contributed by atoms with Crippen molar-refractivity contribution >= 4 is 33.0 Å². The SMILES string of the molecule is CN(CCNc1cccc(Br)c1)Cc1cscn1. The van der Waals surface area contributed by atoms with E-state index in [4.69, 9.17) is 0 Å². The van der Waals surface area contributed by atoms with E-state index in [0.717, 1.165) is 35.5 Å². The van der Waals surface area contributed by atoms with Crippen molar-refractivity contribution in [2.45, 2.75) is 6.54 Å². The molecule has 5 heteroatoms. The van der Waals surface area contributed by atoms with E-state index in [2.05, 4.69) is 55.7 Å². The number of hydrogen-bond acceptors (Lipinski definition) is 4. The smallest absolute Gasteiger partial charge is 0.0795 e. The highest BCUT2D eigenvalue weighted by Crippen LogP contribution is 2.15. The van der Waals surface area contributed by atoms with Crippen molar-refractivity contribution in [3.05, 3.63) is 45.3 Å². The molecule has 0 bridgehead atoms. The molecule has 1 heterocycles. The molecule has 0 spiro atoms. The Labute approximate surface area is 120 Å². The van der Waals surface area contributed by atoms with Gasteiger partial charge < -0.3 is 5.32 Å². The summed E-state index contributed by atoms with van der Waals surface area (Å²) in [5, 5.41) is 5.50. The van der Waals surface area contributed by atoms with Gasteiger partial charge in [-0.3, -0.25) is 4.90 Å². The Kier molecular flexibility index (Phi) is 5.16. The van der Waals surface area contributed by atoms with Crippen LogP contribution in [0.4, 0.5) is 5.69 Å². The van der Waals surface area contributed by atoms with Crippen molar-refractivity contribution < 1.29 is 0 Å². The van der Waals surface area contributed by atoms with Gasteiger partial charge in [0, 0.05) is 35.2 Å². The highest BCUT2D eigenvalue weighted by Gasteiger charge is 2.01. The molecule has 3 nitrogen and oxygen atoms in total. The van der Waals surface area contributed by atoms with E-state index in [9.17, 15) is 0 Å². The molecule has 0 fully saturated rings. The van der Waals surface area contributed by atoms with Gasteiger partial charge in [-0.15, -0.1) is 11.3 Å². The molecule has 0 amide bonds. The van der Waals surface area contributed by atoms with Crippen LogP contribution in [0.25, 0.3) is 0 Å². The summed E-state index contributed by atoms with van der Waals surface area (Å²) in [7, 11) is 2.11. The van der Waals surface area contributed by atoms with E-state index in [-0.39, 0.29) is 0 Å². The number of thiazole rings is 1. The van der Waals surface area contributed by atoms with Gasteiger partial charge in [0.2, 0.25) is 0 Å². The van der Waals surface area contributed by atoms with E-state index in [1.807, 2.05) is 17.6 Å². The van der Waals surface area contributed by atoms with Gasteiger partial charge in [0.25, 0.3) is 0 Å². The molecule has 96 valence electrons. The second kappa shape index (κ2) is 6.87. The zero-order chi connectivity index (χ0) is 12.8. The predicted octanol–water partition coefficient (Wildman–Crippen LogP) is 3.45. The molecule has 0 aliphatic heterocycles. The number of likely N-dealkylation sites (N-methyl/N-ethyl adjacent to an activating group) is 1. The number of nitrogens with one attached hydrogen (secondary N) is 1. The van der Waals surface area contributed by atoms with Crippen LogP contribution in [0.5, 0.6) is 0 Å². The third-order valence-electron chi connectivity index (χ3n) is 2.56. The Hall–Kier alpha value is -0.910. The summed E-state index contributed by atoms with van der Waals surface area (Å²) in [6, 6.07) is 8.22. The molecule has 0 aliphatic rings. The summed E-state index contributed by atoms with van der Waals surface area (Å²) >= 11 is 5.11. The molecule has 0 saturated carbocycles. The minimum absolute atomic E-state index is 0.906. The lowest BCUT2D eigenvalue weighted by Crippen LogP contribution is -2.24. The maximum atomic E-state index is 4.28. The Bertz CT molecular complexity index is 473. The fraction of sp³-hybridized carbons (Fsp3) is 0.308. The Balaban J connectivity index is 1.72. The van der Waals surface area contributed by atoms with E-state index < -0.39 is 0 Å². The molecule has 18 heavy (non-hydrogen) atoms. The summed E-state index contributed by atoms with van der Waals surface area (Å²) < 4.78 is 1.10. The van der Waals surface area contributed by atoms with Gasteiger partial charge in [-0.25, -0.2) is 4.98 Å². The van der Waals surface area contributed by atoms with Crippen LogP contribution in [0.1, 0.15) is 5.69 Å². The maximum Gasteiger partial charge on any atom is 0.0795 e. The van der Waals surface area contributed by atoms with Crippen LogP contribution < -0.4 is 5.32 Å². The van der Waals surface area contributed by atoms with Crippen LogP contribution in [0.3, 0.4) is 0 Å². The average molecular weight is 326 g/mol. The van der Waals surface area contributed by atoms with Crippen LogP contribution >= 0.6 is 27.3 Å². The van der Waals surface area contributed by atoms with Crippen LogP contribution in [-0.4, -0.2) is 30.0 Å². The van der Waals surface area contributed by atoms with Crippen molar-refractivity contribution in [3.8, 4) is 0 Å². The molecule has 0 aliphatic carbocycles. The standard InChI is InChI=1S/C13H16BrN3S/c1-17(8-13-9-18-10-16-13)6-5-15-12-4-2-3-11(14)7-12/h2-4,7,9-10,15H,5-6,8H2,1H3. The molecule has 2 rings (SSSR count). The average Bonchev–Trinajstić information content (AvgIpc) is 2.82. The van der Waals surface area contributed by atoms with Crippen LogP contribution in [0, 0.1) is 0 Å². The Morgan fingerprint density at radius 2 is 2.33 bits per heavy atom. The van der Waals surface area contributed by atoms with Gasteiger partial charge in [-0.1, -0.05) is 22.0 Å². The molecule has 0 unspecified atom stereocenters. The van der Waals surface area contributed by atoms with E-state index in [1.165, 1.54) is 0 Å². The first-order valence-electron chi connectivity index (χ1n) is 5.79. The first-order valence-corrected chi connectivity index (χ1v) is 7.52. The molecular weight excluding hydrogens is 310 g/mol. The largest absolute Gasteiger partial charge is 0.384 e. The number of hydrogen-bond donors (Lipinski definition) is 1. The van der Waals surface area contributed by atoms with Gasteiger partial charge in [-0.05, 0) is 25.2 Å². The quantitative estimate of drug-likeness (QED) is 0.881. The fourth-order valence-electron chi connectivity index (χ4n) is 1.66. The van der Waals surface area contributed by atoms with Crippen molar-refractivity contribution in [2.24, 2.45) is 0 Å². The second-order valence-electron chi connectivity index (χ2n) is 4.15. The number of rotatable bonds is 6. The maximum absolute atomic E-state index is 4.28. The molecule has 0 saturated heterocycles. The van der Waals surface area contributed by atoms with Crippen molar-refractivity contribution in [1.82, 2.24) is 9.88 Å². The number of halogens is 1. The summed E-state index contributed by atoms with van der Waals surface area (Å²) in [4.78, 5) is 6.55. The molecule has 1 N–H and O–H groups in total. The lowest BCUT2D eigenvalue weighted by atomic mass is 10.3. The highest BCUT2D eigenvalue weighted by molar-refractivity contribution is 9.10. The summed E-state index contributed by atoms with van der Waals surface area (Å²) in [6.45, 7) is 2.82. The molecular formula is C13H16BrN3S. The van der Waals surface area contributed by atoms with Gasteiger partial charge in [0.15, 0.2) is 0 Å². The Morgan fingerprint density at radius 1 is 1.44 bits per heavy atom.